The summed E-state index contributed by atoms with van der Waals surface area (Å²) in [6.07, 6.45) is 3.25. The van der Waals surface area contributed by atoms with Crippen molar-refractivity contribution in [2.24, 2.45) is 0 Å². The summed E-state index contributed by atoms with van der Waals surface area (Å²) in [6.45, 7) is 7.46. The normalized spacial score (nSPS) is 14.8. The molecule has 1 aliphatic heterocycles. The van der Waals surface area contributed by atoms with Crippen LogP contribution in [0.3, 0.4) is 0 Å². The number of thiophene rings is 1. The lowest BCUT2D eigenvalue weighted by Gasteiger charge is -2.32. The standard InChI is InChI=1S/C34H36ClN5O5S/c1-21-23(10-11-26(30(21)35)45-18-16-40-14-12-39(2)13-15-40)28-29-32(36-20-37-33(29)46-31(28)27-9-6-17-44-27)38-24(34(41)42)19-22-7-4-5-8-25(22)43-3/h4-11,17,20,24H,12-16,18-19H2,1-3H3,(H,41,42)(H,36,37,38). The summed E-state index contributed by atoms with van der Waals surface area (Å²) in [5.41, 5.74) is 3.25. The van der Waals surface area contributed by atoms with E-state index in [4.69, 9.17) is 25.5 Å². The van der Waals surface area contributed by atoms with Gasteiger partial charge in [0, 0.05) is 44.7 Å². The zero-order valence-electron chi connectivity index (χ0n) is 26.0. The Balaban J connectivity index is 1.36. The van der Waals surface area contributed by atoms with E-state index in [9.17, 15) is 9.90 Å². The number of carbonyl (C=O) groups is 1. The highest BCUT2D eigenvalue weighted by Crippen LogP contribution is 2.49. The number of ether oxygens (including phenoxy) is 2. The number of benzene rings is 2. The fourth-order valence-corrected chi connectivity index (χ4v) is 7.08. The number of halogens is 1. The molecule has 6 rings (SSSR count). The molecule has 2 N–H and O–H groups in total. The Kier molecular flexibility index (Phi) is 9.74. The Morgan fingerprint density at radius 3 is 2.65 bits per heavy atom. The summed E-state index contributed by atoms with van der Waals surface area (Å²) in [4.78, 5) is 27.9. The minimum Gasteiger partial charge on any atom is -0.496 e. The van der Waals surface area contributed by atoms with Crippen LogP contribution in [0.5, 0.6) is 11.5 Å². The van der Waals surface area contributed by atoms with E-state index in [1.54, 1.807) is 13.4 Å². The van der Waals surface area contributed by atoms with Crippen LogP contribution in [0.1, 0.15) is 11.1 Å². The monoisotopic (exact) mass is 661 g/mol. The van der Waals surface area contributed by atoms with Gasteiger partial charge in [-0.1, -0.05) is 35.9 Å². The molecule has 240 valence electrons. The fourth-order valence-electron chi connectivity index (χ4n) is 5.74. The van der Waals surface area contributed by atoms with E-state index >= 15 is 0 Å². The van der Waals surface area contributed by atoms with Crippen molar-refractivity contribution in [3.63, 3.8) is 0 Å². The van der Waals surface area contributed by atoms with Gasteiger partial charge in [0.15, 0.2) is 0 Å². The van der Waals surface area contributed by atoms with Crippen molar-refractivity contribution in [1.29, 1.82) is 0 Å². The molecule has 0 spiro atoms. The third kappa shape index (κ3) is 6.68. The number of carboxylic acid groups (broad SMARTS) is 1. The molecule has 1 unspecified atom stereocenters. The molecule has 10 nitrogen and oxygen atoms in total. The molecule has 5 aromatic rings. The predicted octanol–water partition coefficient (Wildman–Crippen LogP) is 6.32. The second kappa shape index (κ2) is 14.1. The number of hydrogen-bond donors (Lipinski definition) is 2. The second-order valence-corrected chi connectivity index (χ2v) is 12.7. The van der Waals surface area contributed by atoms with Gasteiger partial charge >= 0.3 is 5.97 Å². The first-order chi connectivity index (χ1) is 22.3. The lowest BCUT2D eigenvalue weighted by Crippen LogP contribution is -2.45. The number of aliphatic carboxylic acids is 1. The molecule has 0 saturated carbocycles. The molecular weight excluding hydrogens is 626 g/mol. The van der Waals surface area contributed by atoms with Gasteiger partial charge in [-0.25, -0.2) is 14.8 Å². The van der Waals surface area contributed by atoms with Gasteiger partial charge in [-0.3, -0.25) is 4.90 Å². The van der Waals surface area contributed by atoms with Crippen LogP contribution >= 0.6 is 22.9 Å². The number of carboxylic acids is 1. The van der Waals surface area contributed by atoms with Crippen molar-refractivity contribution in [3.8, 4) is 33.3 Å². The summed E-state index contributed by atoms with van der Waals surface area (Å²) >= 11 is 8.42. The third-order valence-electron chi connectivity index (χ3n) is 8.34. The molecule has 46 heavy (non-hydrogen) atoms. The van der Waals surface area contributed by atoms with E-state index < -0.39 is 12.0 Å². The number of aromatic nitrogens is 2. The van der Waals surface area contributed by atoms with Crippen molar-refractivity contribution in [3.05, 3.63) is 77.3 Å². The number of para-hydroxylation sites is 1. The van der Waals surface area contributed by atoms with Gasteiger partial charge in [0.25, 0.3) is 0 Å². The summed E-state index contributed by atoms with van der Waals surface area (Å²) in [6, 6.07) is 14.0. The van der Waals surface area contributed by atoms with E-state index in [-0.39, 0.29) is 6.42 Å². The Morgan fingerprint density at radius 1 is 1.11 bits per heavy atom. The van der Waals surface area contributed by atoms with Crippen LogP contribution in [-0.2, 0) is 11.2 Å². The number of piperazine rings is 1. The minimum absolute atomic E-state index is 0.181. The number of rotatable bonds is 12. The molecule has 0 aliphatic carbocycles. The lowest BCUT2D eigenvalue weighted by atomic mass is 9.97. The summed E-state index contributed by atoms with van der Waals surface area (Å²) < 4.78 is 17.5. The van der Waals surface area contributed by atoms with Crippen molar-refractivity contribution in [2.75, 3.05) is 58.8 Å². The quantitative estimate of drug-likeness (QED) is 0.157. The molecule has 1 saturated heterocycles. The maximum absolute atomic E-state index is 12.5. The van der Waals surface area contributed by atoms with E-state index in [0.717, 1.165) is 59.9 Å². The molecule has 4 heterocycles. The van der Waals surface area contributed by atoms with E-state index in [1.807, 2.05) is 55.5 Å². The first-order valence-electron chi connectivity index (χ1n) is 15.1. The lowest BCUT2D eigenvalue weighted by molar-refractivity contribution is -0.137. The van der Waals surface area contributed by atoms with Gasteiger partial charge in [-0.2, -0.15) is 0 Å². The minimum atomic E-state index is -1.02. The molecule has 2 aromatic carbocycles. The van der Waals surface area contributed by atoms with Crippen molar-refractivity contribution in [1.82, 2.24) is 19.8 Å². The van der Waals surface area contributed by atoms with Crippen LogP contribution < -0.4 is 14.8 Å². The average Bonchev–Trinajstić information content (AvgIpc) is 3.73. The number of methoxy groups -OCH3 is 1. The molecule has 0 amide bonds. The van der Waals surface area contributed by atoms with Crippen LogP contribution in [0.2, 0.25) is 5.02 Å². The Hall–Kier alpha value is -4.16. The second-order valence-electron chi connectivity index (χ2n) is 11.3. The molecule has 1 fully saturated rings. The highest BCUT2D eigenvalue weighted by molar-refractivity contribution is 7.22. The Morgan fingerprint density at radius 2 is 1.91 bits per heavy atom. The van der Waals surface area contributed by atoms with Crippen molar-refractivity contribution < 1.29 is 23.8 Å². The molecule has 1 atom stereocenters. The smallest absolute Gasteiger partial charge is 0.326 e. The fraction of sp³-hybridized carbons (Fsp3) is 0.324. The van der Waals surface area contributed by atoms with Gasteiger partial charge in [0.1, 0.15) is 46.9 Å². The Labute approximate surface area is 276 Å². The van der Waals surface area contributed by atoms with Crippen LogP contribution in [0.25, 0.3) is 32.0 Å². The number of nitrogens with one attached hydrogen (secondary N) is 1. The zero-order valence-corrected chi connectivity index (χ0v) is 27.5. The first-order valence-corrected chi connectivity index (χ1v) is 16.3. The highest BCUT2D eigenvalue weighted by atomic mass is 35.5. The van der Waals surface area contributed by atoms with Gasteiger partial charge in [0.05, 0.1) is 28.7 Å². The summed E-state index contributed by atoms with van der Waals surface area (Å²) in [7, 11) is 3.71. The van der Waals surface area contributed by atoms with Crippen LogP contribution in [0.15, 0.2) is 65.5 Å². The van der Waals surface area contributed by atoms with Crippen molar-refractivity contribution in [2.45, 2.75) is 19.4 Å². The topological polar surface area (TPSA) is 113 Å². The third-order valence-corrected chi connectivity index (χ3v) is 9.92. The summed E-state index contributed by atoms with van der Waals surface area (Å²) in [5, 5.41) is 14.7. The van der Waals surface area contributed by atoms with Gasteiger partial charge in [-0.05, 0) is 54.9 Å². The average molecular weight is 662 g/mol. The molecule has 1 aliphatic rings. The molecular formula is C34H36ClN5O5S. The van der Waals surface area contributed by atoms with Crippen molar-refractivity contribution >= 4 is 44.9 Å². The zero-order chi connectivity index (χ0) is 32.2. The molecule has 0 bridgehead atoms. The number of hydrogen-bond acceptors (Lipinski definition) is 10. The molecule has 0 radical (unpaired) electrons. The largest absolute Gasteiger partial charge is 0.496 e. The number of anilines is 1. The van der Waals surface area contributed by atoms with E-state index in [0.29, 0.717) is 44.9 Å². The predicted molar refractivity (Wildman–Crippen MR) is 181 cm³/mol. The first kappa shape index (κ1) is 31.8. The molecule has 12 heteroatoms. The maximum atomic E-state index is 12.5. The maximum Gasteiger partial charge on any atom is 0.326 e. The van der Waals surface area contributed by atoms with E-state index in [2.05, 4.69) is 32.1 Å². The Bertz CT molecular complexity index is 1820. The number of fused-ring (bicyclic) bond motifs is 1. The summed E-state index contributed by atoms with van der Waals surface area (Å²) in [5.74, 6) is 1.29. The van der Waals surface area contributed by atoms with Gasteiger partial charge < -0.3 is 29.2 Å². The molecule has 3 aromatic heterocycles. The number of nitrogens with zero attached hydrogens (tertiary/aromatic N) is 4. The number of likely N-dealkylation sites (N-methyl/N-ethyl adjacent to an activating group) is 1. The van der Waals surface area contributed by atoms with Crippen LogP contribution in [0.4, 0.5) is 5.82 Å². The van der Waals surface area contributed by atoms with E-state index in [1.165, 1.54) is 17.7 Å². The van der Waals surface area contributed by atoms with Crippen LogP contribution in [-0.4, -0.2) is 90.4 Å². The number of furan rings is 1. The van der Waals surface area contributed by atoms with Gasteiger partial charge in [-0.15, -0.1) is 11.3 Å². The van der Waals surface area contributed by atoms with Gasteiger partial charge in [0.2, 0.25) is 0 Å². The highest BCUT2D eigenvalue weighted by Gasteiger charge is 2.27. The van der Waals surface area contributed by atoms with Crippen LogP contribution in [0, 0.1) is 6.92 Å². The SMILES string of the molecule is COc1ccccc1CC(Nc1ncnc2sc(-c3ccco3)c(-c3ccc(OCCN4CCN(C)CC4)c(Cl)c3C)c12)C(=O)O.